The maximum atomic E-state index is 6.32. The van der Waals surface area contributed by atoms with Gasteiger partial charge < -0.3 is 8.98 Å². The summed E-state index contributed by atoms with van der Waals surface area (Å²) in [6.07, 6.45) is 0. The number of hydrogen-bond donors (Lipinski definition) is 0. The van der Waals surface area contributed by atoms with Crippen molar-refractivity contribution in [1.82, 2.24) is 4.57 Å². The van der Waals surface area contributed by atoms with Gasteiger partial charge in [0.25, 0.3) is 0 Å². The number of fused-ring (bicyclic) bond motifs is 8. The van der Waals surface area contributed by atoms with Crippen molar-refractivity contribution in [2.45, 2.75) is 0 Å². The molecule has 3 heteroatoms. The van der Waals surface area contributed by atoms with Gasteiger partial charge in [-0.2, -0.15) is 0 Å². The molecule has 0 aliphatic rings. The van der Waals surface area contributed by atoms with Gasteiger partial charge >= 0.3 is 0 Å². The molecule has 0 N–H and O–H groups in total. The maximum absolute atomic E-state index is 6.32. The van der Waals surface area contributed by atoms with Crippen LogP contribution in [-0.2, 0) is 0 Å². The van der Waals surface area contributed by atoms with Crippen LogP contribution in [0, 0.1) is 0 Å². The van der Waals surface area contributed by atoms with E-state index in [1.54, 1.807) is 0 Å². The molecule has 0 aliphatic carbocycles. The van der Waals surface area contributed by atoms with E-state index in [0.29, 0.717) is 0 Å². The zero-order valence-corrected chi connectivity index (χ0v) is 24.7. The Morgan fingerprint density at radius 2 is 1.14 bits per heavy atom. The van der Waals surface area contributed by atoms with Crippen molar-refractivity contribution in [2.24, 2.45) is 0 Å². The molecule has 0 radical (unpaired) electrons. The summed E-state index contributed by atoms with van der Waals surface area (Å²) in [6, 6.07) is 52.2. The minimum atomic E-state index is 0.905. The van der Waals surface area contributed by atoms with Crippen molar-refractivity contribution < 1.29 is 4.42 Å². The third-order valence-electron chi connectivity index (χ3n) is 8.65. The molecule has 0 unspecified atom stereocenters. The van der Waals surface area contributed by atoms with Crippen molar-refractivity contribution in [1.29, 1.82) is 0 Å². The number of rotatable bonds is 3. The van der Waals surface area contributed by atoms with Crippen LogP contribution in [0.4, 0.5) is 0 Å². The molecule has 9 rings (SSSR count). The van der Waals surface area contributed by atoms with Crippen LogP contribution >= 0.6 is 15.9 Å². The first-order valence-corrected chi connectivity index (χ1v) is 15.2. The van der Waals surface area contributed by atoms with E-state index >= 15 is 0 Å². The van der Waals surface area contributed by atoms with E-state index in [0.717, 1.165) is 26.7 Å². The van der Waals surface area contributed by atoms with Gasteiger partial charge in [0.15, 0.2) is 0 Å². The molecule has 0 saturated heterocycles. The molecule has 2 nitrogen and oxygen atoms in total. The Kier molecular flexibility index (Phi) is 5.38. The van der Waals surface area contributed by atoms with Gasteiger partial charge in [-0.25, -0.2) is 0 Å². The van der Waals surface area contributed by atoms with E-state index in [-0.39, 0.29) is 0 Å². The predicted octanol–water partition coefficient (Wildman–Crippen LogP) is 11.9. The first-order chi connectivity index (χ1) is 21.2. The van der Waals surface area contributed by atoms with Gasteiger partial charge in [-0.15, -0.1) is 0 Å². The predicted molar refractivity (Wildman–Crippen MR) is 184 cm³/mol. The minimum absolute atomic E-state index is 0.905. The summed E-state index contributed by atoms with van der Waals surface area (Å²) in [5.41, 5.74) is 10.1. The Morgan fingerprint density at radius 1 is 0.442 bits per heavy atom. The summed E-state index contributed by atoms with van der Waals surface area (Å²) in [7, 11) is 0. The van der Waals surface area contributed by atoms with Crippen LogP contribution in [-0.4, -0.2) is 4.57 Å². The van der Waals surface area contributed by atoms with E-state index in [9.17, 15) is 0 Å². The Balaban J connectivity index is 1.25. The summed E-state index contributed by atoms with van der Waals surface area (Å²) in [5, 5.41) is 7.23. The van der Waals surface area contributed by atoms with Gasteiger partial charge in [-0.3, -0.25) is 0 Å². The molecular weight excluding hydrogens is 590 g/mol. The van der Waals surface area contributed by atoms with Crippen molar-refractivity contribution in [3.63, 3.8) is 0 Å². The van der Waals surface area contributed by atoms with Crippen LogP contribution in [0.15, 0.2) is 154 Å². The van der Waals surface area contributed by atoms with Crippen LogP contribution in [0.5, 0.6) is 0 Å². The number of hydrogen-bond acceptors (Lipinski definition) is 1. The molecule has 202 valence electrons. The van der Waals surface area contributed by atoms with Crippen LogP contribution in [0.1, 0.15) is 0 Å². The van der Waals surface area contributed by atoms with Crippen LogP contribution in [0.3, 0.4) is 0 Å². The molecule has 2 aromatic heterocycles. The number of nitrogens with zero attached hydrogens (tertiary/aromatic N) is 1. The molecule has 0 aliphatic heterocycles. The summed E-state index contributed by atoms with van der Waals surface area (Å²) < 4.78 is 9.80. The van der Waals surface area contributed by atoms with Crippen molar-refractivity contribution in [2.75, 3.05) is 0 Å². The van der Waals surface area contributed by atoms with Gasteiger partial charge in [-0.1, -0.05) is 113 Å². The van der Waals surface area contributed by atoms with Gasteiger partial charge in [0.05, 0.1) is 11.0 Å². The monoisotopic (exact) mass is 613 g/mol. The van der Waals surface area contributed by atoms with E-state index in [2.05, 4.69) is 166 Å². The molecule has 7 aromatic carbocycles. The summed E-state index contributed by atoms with van der Waals surface area (Å²) in [4.78, 5) is 0. The number of halogens is 1. The van der Waals surface area contributed by atoms with E-state index in [1.165, 1.54) is 60.2 Å². The molecule has 0 saturated carbocycles. The number of furan rings is 1. The standard InChI is InChI=1S/C40H24BrNO/c41-30-8-5-7-28(22-30)25-12-14-26(15-13-25)29-16-19-34-33-10-3-4-11-36(33)42(37(34)23-29)31-18-21-38-35(24-31)40-32-9-2-1-6-27(32)17-20-39(40)43-38/h1-24H. The quantitative estimate of drug-likeness (QED) is 0.194. The van der Waals surface area contributed by atoms with Gasteiger partial charge in [0.2, 0.25) is 0 Å². The average Bonchev–Trinajstić information content (AvgIpc) is 3.60. The van der Waals surface area contributed by atoms with Crippen LogP contribution in [0.2, 0.25) is 0 Å². The highest BCUT2D eigenvalue weighted by Gasteiger charge is 2.16. The Morgan fingerprint density at radius 3 is 1.98 bits per heavy atom. The Labute approximate surface area is 256 Å². The van der Waals surface area contributed by atoms with Gasteiger partial charge in [-0.05, 0) is 81.6 Å². The topological polar surface area (TPSA) is 18.1 Å². The lowest BCUT2D eigenvalue weighted by atomic mass is 9.99. The molecule has 0 bridgehead atoms. The lowest BCUT2D eigenvalue weighted by Crippen LogP contribution is -1.93. The third-order valence-corrected chi connectivity index (χ3v) is 9.14. The fourth-order valence-corrected chi connectivity index (χ4v) is 7.02. The van der Waals surface area contributed by atoms with Crippen molar-refractivity contribution in [3.05, 3.63) is 150 Å². The van der Waals surface area contributed by atoms with Gasteiger partial charge in [0, 0.05) is 31.7 Å². The maximum Gasteiger partial charge on any atom is 0.136 e. The second-order valence-corrected chi connectivity index (χ2v) is 12.0. The molecule has 2 heterocycles. The molecule has 43 heavy (non-hydrogen) atoms. The zero-order valence-electron chi connectivity index (χ0n) is 23.1. The van der Waals surface area contributed by atoms with E-state index in [1.807, 2.05) is 0 Å². The first-order valence-electron chi connectivity index (χ1n) is 14.5. The highest BCUT2D eigenvalue weighted by atomic mass is 79.9. The minimum Gasteiger partial charge on any atom is -0.456 e. The summed E-state index contributed by atoms with van der Waals surface area (Å²) >= 11 is 3.60. The van der Waals surface area contributed by atoms with Crippen molar-refractivity contribution in [3.8, 4) is 27.9 Å². The van der Waals surface area contributed by atoms with E-state index in [4.69, 9.17) is 4.42 Å². The molecule has 0 amide bonds. The van der Waals surface area contributed by atoms with Crippen molar-refractivity contribution >= 4 is 70.4 Å². The number of aromatic nitrogens is 1. The Bertz CT molecular complexity index is 2520. The van der Waals surface area contributed by atoms with Crippen LogP contribution < -0.4 is 0 Å². The molecular formula is C40H24BrNO. The number of benzene rings is 7. The van der Waals surface area contributed by atoms with E-state index < -0.39 is 0 Å². The Hall–Kier alpha value is -5.12. The summed E-state index contributed by atoms with van der Waals surface area (Å²) in [6.45, 7) is 0. The third kappa shape index (κ3) is 3.86. The number of para-hydroxylation sites is 1. The fourth-order valence-electron chi connectivity index (χ4n) is 6.63. The summed E-state index contributed by atoms with van der Waals surface area (Å²) in [5.74, 6) is 0. The highest BCUT2D eigenvalue weighted by Crippen LogP contribution is 2.39. The smallest absolute Gasteiger partial charge is 0.136 e. The van der Waals surface area contributed by atoms with Gasteiger partial charge in [0.1, 0.15) is 11.2 Å². The molecule has 0 atom stereocenters. The second-order valence-electron chi connectivity index (χ2n) is 11.1. The normalized spacial score (nSPS) is 11.8. The zero-order chi connectivity index (χ0) is 28.5. The average molecular weight is 615 g/mol. The fraction of sp³-hybridized carbons (Fsp3) is 0. The molecule has 0 spiro atoms. The largest absolute Gasteiger partial charge is 0.456 e. The highest BCUT2D eigenvalue weighted by molar-refractivity contribution is 9.10. The second kappa shape index (κ2) is 9.45. The SMILES string of the molecule is Brc1cccc(-c2ccc(-c3ccc4c5ccccc5n(-c5ccc6oc7ccc8ccccc8c7c6c5)c4c3)cc2)c1. The molecule has 9 aromatic rings. The van der Waals surface area contributed by atoms with Crippen LogP contribution in [0.25, 0.3) is 82.5 Å². The molecule has 0 fully saturated rings. The lowest BCUT2D eigenvalue weighted by Gasteiger charge is -2.10. The first kappa shape index (κ1) is 24.5. The lowest BCUT2D eigenvalue weighted by molar-refractivity contribution is 0.669.